The van der Waals surface area contributed by atoms with Gasteiger partial charge in [0.2, 0.25) is 5.91 Å². The van der Waals surface area contributed by atoms with E-state index >= 15 is 0 Å². The standard InChI is InChI=1S/C21H22Cl2F2N2O4/c1-21(2,13-5-6-14(22)15(23)9-13)11-27-18(28)10-26-19(29)12-4-7-16(31-20(24)25)17(8-12)30-3/h4-9,20H,10-11H2,1-3H3,(H,26,29)(H,27,28). The predicted octanol–water partition coefficient (Wildman–Crippen LogP) is 4.43. The maximum Gasteiger partial charge on any atom is 0.387 e. The van der Waals surface area contributed by atoms with Gasteiger partial charge in [0.15, 0.2) is 11.5 Å². The SMILES string of the molecule is COc1cc(C(=O)NCC(=O)NCC(C)(C)c2ccc(Cl)c(Cl)c2)ccc1OC(F)F. The molecule has 0 atom stereocenters. The minimum atomic E-state index is -3.02. The Labute approximate surface area is 188 Å². The van der Waals surface area contributed by atoms with Crippen LogP contribution in [-0.4, -0.2) is 38.6 Å². The quantitative estimate of drug-likeness (QED) is 0.563. The zero-order chi connectivity index (χ0) is 23.2. The van der Waals surface area contributed by atoms with Gasteiger partial charge in [0.25, 0.3) is 5.91 Å². The molecule has 0 spiro atoms. The molecule has 0 saturated heterocycles. The van der Waals surface area contributed by atoms with Crippen molar-refractivity contribution in [2.75, 3.05) is 20.2 Å². The van der Waals surface area contributed by atoms with Crippen molar-refractivity contribution >= 4 is 35.0 Å². The van der Waals surface area contributed by atoms with Crippen LogP contribution in [0.25, 0.3) is 0 Å². The minimum absolute atomic E-state index is 0.0271. The molecule has 0 heterocycles. The highest BCUT2D eigenvalue weighted by Gasteiger charge is 2.22. The fourth-order valence-electron chi connectivity index (χ4n) is 2.67. The summed E-state index contributed by atoms with van der Waals surface area (Å²) in [5, 5.41) is 6.09. The molecule has 0 saturated carbocycles. The lowest BCUT2D eigenvalue weighted by Crippen LogP contribution is -2.42. The van der Waals surface area contributed by atoms with E-state index in [-0.39, 0.29) is 23.6 Å². The van der Waals surface area contributed by atoms with Crippen LogP contribution in [0.2, 0.25) is 10.0 Å². The molecule has 10 heteroatoms. The van der Waals surface area contributed by atoms with Gasteiger partial charge < -0.3 is 20.1 Å². The maximum atomic E-state index is 12.4. The van der Waals surface area contributed by atoms with Crippen molar-refractivity contribution in [1.82, 2.24) is 10.6 Å². The number of methoxy groups -OCH3 is 1. The molecule has 0 aliphatic carbocycles. The smallest absolute Gasteiger partial charge is 0.387 e. The van der Waals surface area contributed by atoms with Crippen LogP contribution >= 0.6 is 23.2 Å². The summed E-state index contributed by atoms with van der Waals surface area (Å²) < 4.78 is 34.1. The minimum Gasteiger partial charge on any atom is -0.493 e. The molecule has 0 unspecified atom stereocenters. The summed E-state index contributed by atoms with van der Waals surface area (Å²) in [6.07, 6.45) is 0. The van der Waals surface area contributed by atoms with E-state index in [1.807, 2.05) is 19.9 Å². The third kappa shape index (κ3) is 6.97. The van der Waals surface area contributed by atoms with Crippen LogP contribution in [0.1, 0.15) is 29.8 Å². The summed E-state index contributed by atoms with van der Waals surface area (Å²) in [5.41, 5.74) is 0.591. The van der Waals surface area contributed by atoms with E-state index in [9.17, 15) is 18.4 Å². The summed E-state index contributed by atoms with van der Waals surface area (Å²) in [7, 11) is 1.26. The average Bonchev–Trinajstić information content (AvgIpc) is 2.72. The number of carbonyl (C=O) groups is 2. The molecular weight excluding hydrogens is 453 g/mol. The normalized spacial score (nSPS) is 11.2. The lowest BCUT2D eigenvalue weighted by Gasteiger charge is -2.26. The highest BCUT2D eigenvalue weighted by molar-refractivity contribution is 6.42. The first kappa shape index (κ1) is 24.7. The van der Waals surface area contributed by atoms with E-state index in [1.165, 1.54) is 25.3 Å². The Morgan fingerprint density at radius 1 is 1.03 bits per heavy atom. The molecule has 2 amide bonds. The number of amides is 2. The van der Waals surface area contributed by atoms with Crippen LogP contribution in [0, 0.1) is 0 Å². The van der Waals surface area contributed by atoms with Crippen LogP contribution in [-0.2, 0) is 10.2 Å². The Morgan fingerprint density at radius 2 is 1.74 bits per heavy atom. The van der Waals surface area contributed by atoms with Gasteiger partial charge in [0.05, 0.1) is 23.7 Å². The molecule has 0 aliphatic heterocycles. The number of benzene rings is 2. The Morgan fingerprint density at radius 3 is 2.35 bits per heavy atom. The second kappa shape index (κ2) is 10.6. The number of ether oxygens (including phenoxy) is 2. The van der Waals surface area contributed by atoms with Gasteiger partial charge in [0, 0.05) is 17.5 Å². The Balaban J connectivity index is 1.92. The van der Waals surface area contributed by atoms with E-state index in [2.05, 4.69) is 15.4 Å². The predicted molar refractivity (Wildman–Crippen MR) is 114 cm³/mol. The van der Waals surface area contributed by atoms with Gasteiger partial charge in [-0.1, -0.05) is 43.1 Å². The number of rotatable bonds is 9. The van der Waals surface area contributed by atoms with Crippen molar-refractivity contribution in [2.45, 2.75) is 25.9 Å². The summed E-state index contributed by atoms with van der Waals surface area (Å²) in [4.78, 5) is 24.5. The van der Waals surface area contributed by atoms with Crippen molar-refractivity contribution < 1.29 is 27.8 Å². The van der Waals surface area contributed by atoms with Crippen LogP contribution < -0.4 is 20.1 Å². The lowest BCUT2D eigenvalue weighted by molar-refractivity contribution is -0.120. The molecule has 0 aliphatic rings. The number of nitrogens with one attached hydrogen (secondary N) is 2. The molecule has 31 heavy (non-hydrogen) atoms. The van der Waals surface area contributed by atoms with E-state index in [0.717, 1.165) is 5.56 Å². The second-order valence-electron chi connectivity index (χ2n) is 7.22. The maximum absolute atomic E-state index is 12.4. The largest absolute Gasteiger partial charge is 0.493 e. The number of alkyl halides is 2. The third-order valence-electron chi connectivity index (χ3n) is 4.48. The van der Waals surface area contributed by atoms with Gasteiger partial charge in [-0.3, -0.25) is 9.59 Å². The van der Waals surface area contributed by atoms with Gasteiger partial charge in [-0.25, -0.2) is 0 Å². The van der Waals surface area contributed by atoms with Gasteiger partial charge >= 0.3 is 6.61 Å². The first-order valence-electron chi connectivity index (χ1n) is 9.17. The summed E-state index contributed by atoms with van der Waals surface area (Å²) in [5.74, 6) is -1.19. The zero-order valence-electron chi connectivity index (χ0n) is 17.1. The van der Waals surface area contributed by atoms with E-state index in [0.29, 0.717) is 16.6 Å². The molecule has 168 valence electrons. The molecule has 2 aromatic carbocycles. The molecule has 6 nitrogen and oxygen atoms in total. The number of hydrogen-bond acceptors (Lipinski definition) is 4. The summed E-state index contributed by atoms with van der Waals surface area (Å²) in [6, 6.07) is 9.00. The van der Waals surface area contributed by atoms with Crippen LogP contribution in [0.5, 0.6) is 11.5 Å². The van der Waals surface area contributed by atoms with Crippen molar-refractivity contribution in [3.63, 3.8) is 0 Å². The number of halogens is 4. The van der Waals surface area contributed by atoms with Crippen LogP contribution in [0.3, 0.4) is 0 Å². The number of carbonyl (C=O) groups excluding carboxylic acids is 2. The molecule has 2 rings (SSSR count). The summed E-state index contributed by atoms with van der Waals surface area (Å²) >= 11 is 12.0. The molecule has 2 N–H and O–H groups in total. The van der Waals surface area contributed by atoms with Crippen molar-refractivity contribution in [1.29, 1.82) is 0 Å². The van der Waals surface area contributed by atoms with Crippen molar-refractivity contribution in [3.05, 3.63) is 57.6 Å². The van der Waals surface area contributed by atoms with Crippen LogP contribution in [0.15, 0.2) is 36.4 Å². The van der Waals surface area contributed by atoms with E-state index in [1.54, 1.807) is 12.1 Å². The monoisotopic (exact) mass is 474 g/mol. The molecule has 2 aromatic rings. The fraction of sp³-hybridized carbons (Fsp3) is 0.333. The van der Waals surface area contributed by atoms with Gasteiger partial charge in [0.1, 0.15) is 0 Å². The molecule has 0 radical (unpaired) electrons. The average molecular weight is 475 g/mol. The van der Waals surface area contributed by atoms with Gasteiger partial charge in [-0.05, 0) is 35.9 Å². The number of hydrogen-bond donors (Lipinski definition) is 2. The lowest BCUT2D eigenvalue weighted by atomic mass is 9.84. The molecule has 0 bridgehead atoms. The molecular formula is C21H22Cl2F2N2O4. The van der Waals surface area contributed by atoms with E-state index < -0.39 is 23.8 Å². The Bertz CT molecular complexity index is 955. The highest BCUT2D eigenvalue weighted by Crippen LogP contribution is 2.30. The molecule has 0 aromatic heterocycles. The van der Waals surface area contributed by atoms with Gasteiger partial charge in [-0.2, -0.15) is 8.78 Å². The summed E-state index contributed by atoms with van der Waals surface area (Å²) in [6.45, 7) is 0.869. The highest BCUT2D eigenvalue weighted by atomic mass is 35.5. The first-order chi connectivity index (χ1) is 14.5. The van der Waals surface area contributed by atoms with Crippen molar-refractivity contribution in [3.8, 4) is 11.5 Å². The third-order valence-corrected chi connectivity index (χ3v) is 5.22. The van der Waals surface area contributed by atoms with Crippen LogP contribution in [0.4, 0.5) is 8.78 Å². The Hall–Kier alpha value is -2.58. The van der Waals surface area contributed by atoms with Gasteiger partial charge in [-0.15, -0.1) is 0 Å². The molecule has 0 fully saturated rings. The van der Waals surface area contributed by atoms with Crippen molar-refractivity contribution in [2.24, 2.45) is 0 Å². The first-order valence-corrected chi connectivity index (χ1v) is 9.92. The zero-order valence-corrected chi connectivity index (χ0v) is 18.6. The van der Waals surface area contributed by atoms with E-state index in [4.69, 9.17) is 27.9 Å². The topological polar surface area (TPSA) is 76.7 Å². The Kier molecular flexibility index (Phi) is 8.47. The second-order valence-corrected chi connectivity index (χ2v) is 8.03. The fourth-order valence-corrected chi connectivity index (χ4v) is 2.96.